The summed E-state index contributed by atoms with van der Waals surface area (Å²) >= 11 is 5.82. The molecule has 0 aliphatic carbocycles. The van der Waals surface area contributed by atoms with Crippen LogP contribution in [-0.4, -0.2) is 5.91 Å². The molecule has 5 heteroatoms. The van der Waals surface area contributed by atoms with Gasteiger partial charge in [0.05, 0.1) is 0 Å². The van der Waals surface area contributed by atoms with E-state index >= 15 is 0 Å². The molecule has 2 rings (SSSR count). The molecule has 0 radical (unpaired) electrons. The Balaban J connectivity index is 2.30. The molecule has 116 valence electrons. The second-order valence-electron chi connectivity index (χ2n) is 5.87. The fourth-order valence-corrected chi connectivity index (χ4v) is 1.77. The molecule has 0 aliphatic rings. The number of rotatable bonds is 3. The summed E-state index contributed by atoms with van der Waals surface area (Å²) in [6.45, 7) is 5.26. The molecule has 0 spiro atoms. The Kier molecular flexibility index (Phi) is 4.71. The average Bonchev–Trinajstić information content (AvgIpc) is 2.44. The predicted molar refractivity (Wildman–Crippen MR) is 86.0 cm³/mol. The summed E-state index contributed by atoms with van der Waals surface area (Å²) in [5.74, 6) is -0.108. The Morgan fingerprint density at radius 3 is 2.36 bits per heavy atom. The molecule has 0 heterocycles. The molecule has 22 heavy (non-hydrogen) atoms. The minimum atomic E-state index is -0.639. The molecule has 1 N–H and O–H groups in total. The number of benzene rings is 2. The van der Waals surface area contributed by atoms with Crippen molar-refractivity contribution in [3.8, 4) is 11.5 Å². The average molecular weight is 322 g/mol. The first-order chi connectivity index (χ1) is 10.3. The molecule has 0 unspecified atom stereocenters. The van der Waals surface area contributed by atoms with Crippen LogP contribution in [0.25, 0.3) is 0 Å². The van der Waals surface area contributed by atoms with E-state index in [2.05, 4.69) is 5.32 Å². The van der Waals surface area contributed by atoms with Crippen molar-refractivity contribution in [3.05, 3.63) is 53.3 Å². The quantitative estimate of drug-likeness (QED) is 0.837. The number of para-hydroxylation sites is 1. The van der Waals surface area contributed by atoms with Gasteiger partial charge in [-0.1, -0.05) is 38.4 Å². The van der Waals surface area contributed by atoms with E-state index in [0.717, 1.165) is 0 Å². The molecule has 0 saturated heterocycles. The summed E-state index contributed by atoms with van der Waals surface area (Å²) in [5.41, 5.74) is -0.614. The summed E-state index contributed by atoms with van der Waals surface area (Å²) in [6.07, 6.45) is 0. The number of hydrogen-bond donors (Lipinski definition) is 1. The van der Waals surface area contributed by atoms with E-state index in [9.17, 15) is 9.18 Å². The predicted octanol–water partition coefficient (Wildman–Crippen LogP) is 5.26. The van der Waals surface area contributed by atoms with Crippen molar-refractivity contribution in [3.63, 3.8) is 0 Å². The normalized spacial score (nSPS) is 11.1. The first kappa shape index (κ1) is 16.3. The molecule has 3 nitrogen and oxygen atoms in total. The van der Waals surface area contributed by atoms with Gasteiger partial charge >= 0.3 is 0 Å². The molecular formula is C17H17ClFNO2. The summed E-state index contributed by atoms with van der Waals surface area (Å²) in [7, 11) is 0. The lowest BCUT2D eigenvalue weighted by Gasteiger charge is -2.19. The standard InChI is InChI=1S/C17H17ClFNO2/c1-17(2,3)16(21)20-15-13(19)5-4-6-14(15)22-12-9-7-11(18)8-10-12/h4-10H,1-3H3,(H,20,21). The van der Waals surface area contributed by atoms with Crippen LogP contribution in [0.15, 0.2) is 42.5 Å². The van der Waals surface area contributed by atoms with Crippen LogP contribution in [0.2, 0.25) is 5.02 Å². The highest BCUT2D eigenvalue weighted by molar-refractivity contribution is 6.30. The monoisotopic (exact) mass is 321 g/mol. The Labute approximate surface area is 134 Å². The Morgan fingerprint density at radius 1 is 1.14 bits per heavy atom. The molecule has 2 aromatic rings. The van der Waals surface area contributed by atoms with Gasteiger partial charge in [-0.3, -0.25) is 4.79 Å². The SMILES string of the molecule is CC(C)(C)C(=O)Nc1c(F)cccc1Oc1ccc(Cl)cc1. The Morgan fingerprint density at radius 2 is 1.77 bits per heavy atom. The van der Waals surface area contributed by atoms with Crippen molar-refractivity contribution >= 4 is 23.2 Å². The number of nitrogens with one attached hydrogen (secondary N) is 1. The molecule has 0 bridgehead atoms. The van der Waals surface area contributed by atoms with Gasteiger partial charge in [-0.05, 0) is 36.4 Å². The Bertz CT molecular complexity index is 678. The molecular weight excluding hydrogens is 305 g/mol. The summed E-state index contributed by atoms with van der Waals surface area (Å²) in [5, 5.41) is 3.16. The van der Waals surface area contributed by atoms with Crippen LogP contribution >= 0.6 is 11.6 Å². The topological polar surface area (TPSA) is 38.3 Å². The van der Waals surface area contributed by atoms with Gasteiger partial charge in [0, 0.05) is 10.4 Å². The van der Waals surface area contributed by atoms with E-state index in [1.807, 2.05) is 0 Å². The van der Waals surface area contributed by atoms with Crippen LogP contribution in [0.3, 0.4) is 0 Å². The van der Waals surface area contributed by atoms with Gasteiger partial charge in [-0.25, -0.2) is 4.39 Å². The second kappa shape index (κ2) is 6.36. The lowest BCUT2D eigenvalue weighted by atomic mass is 9.95. The van der Waals surface area contributed by atoms with E-state index in [-0.39, 0.29) is 17.3 Å². The maximum atomic E-state index is 14.0. The van der Waals surface area contributed by atoms with Crippen molar-refractivity contribution < 1.29 is 13.9 Å². The highest BCUT2D eigenvalue weighted by atomic mass is 35.5. The minimum absolute atomic E-state index is 0.0253. The van der Waals surface area contributed by atoms with Crippen LogP contribution in [0, 0.1) is 11.2 Å². The maximum absolute atomic E-state index is 14.0. The van der Waals surface area contributed by atoms with Gasteiger partial charge in [0.15, 0.2) is 11.6 Å². The number of anilines is 1. The zero-order chi connectivity index (χ0) is 16.3. The zero-order valence-electron chi connectivity index (χ0n) is 12.6. The van der Waals surface area contributed by atoms with E-state index in [1.165, 1.54) is 12.1 Å². The number of carbonyl (C=O) groups excluding carboxylic acids is 1. The molecule has 0 saturated carbocycles. The summed E-state index contributed by atoms with van der Waals surface area (Å²) < 4.78 is 19.7. The van der Waals surface area contributed by atoms with Crippen LogP contribution in [0.5, 0.6) is 11.5 Å². The summed E-state index contributed by atoms with van der Waals surface area (Å²) in [4.78, 5) is 12.1. The number of halogens is 2. The first-order valence-corrected chi connectivity index (χ1v) is 7.18. The maximum Gasteiger partial charge on any atom is 0.229 e. The van der Waals surface area contributed by atoms with Crippen molar-refractivity contribution in [1.29, 1.82) is 0 Å². The van der Waals surface area contributed by atoms with Gasteiger partial charge in [0.2, 0.25) is 5.91 Å². The second-order valence-corrected chi connectivity index (χ2v) is 6.31. The van der Waals surface area contributed by atoms with Crippen LogP contribution in [0.1, 0.15) is 20.8 Å². The third-order valence-corrected chi connectivity index (χ3v) is 3.19. The van der Waals surface area contributed by atoms with E-state index in [1.54, 1.807) is 51.1 Å². The molecule has 0 atom stereocenters. The number of hydrogen-bond acceptors (Lipinski definition) is 2. The largest absolute Gasteiger partial charge is 0.455 e. The van der Waals surface area contributed by atoms with E-state index in [4.69, 9.17) is 16.3 Å². The van der Waals surface area contributed by atoms with Crippen molar-refractivity contribution in [2.24, 2.45) is 5.41 Å². The third-order valence-electron chi connectivity index (χ3n) is 2.94. The first-order valence-electron chi connectivity index (χ1n) is 6.81. The summed E-state index contributed by atoms with van der Waals surface area (Å²) in [6, 6.07) is 11.1. The zero-order valence-corrected chi connectivity index (χ0v) is 13.4. The van der Waals surface area contributed by atoms with E-state index in [0.29, 0.717) is 10.8 Å². The van der Waals surface area contributed by atoms with Gasteiger partial charge in [0.25, 0.3) is 0 Å². The molecule has 0 fully saturated rings. The lowest BCUT2D eigenvalue weighted by molar-refractivity contribution is -0.123. The van der Waals surface area contributed by atoms with Gasteiger partial charge in [0.1, 0.15) is 11.4 Å². The van der Waals surface area contributed by atoms with Crippen LogP contribution in [-0.2, 0) is 4.79 Å². The van der Waals surface area contributed by atoms with E-state index < -0.39 is 11.2 Å². The van der Waals surface area contributed by atoms with Crippen molar-refractivity contribution in [2.75, 3.05) is 5.32 Å². The third kappa shape index (κ3) is 3.98. The van der Waals surface area contributed by atoms with Crippen molar-refractivity contribution in [1.82, 2.24) is 0 Å². The number of ether oxygens (including phenoxy) is 1. The fourth-order valence-electron chi connectivity index (χ4n) is 1.64. The van der Waals surface area contributed by atoms with Crippen molar-refractivity contribution in [2.45, 2.75) is 20.8 Å². The molecule has 2 aromatic carbocycles. The number of amides is 1. The lowest BCUT2D eigenvalue weighted by Crippen LogP contribution is -2.28. The molecule has 1 amide bonds. The minimum Gasteiger partial charge on any atom is -0.455 e. The van der Waals surface area contributed by atoms with Gasteiger partial charge < -0.3 is 10.1 Å². The van der Waals surface area contributed by atoms with Crippen LogP contribution < -0.4 is 10.1 Å². The smallest absolute Gasteiger partial charge is 0.229 e. The fraction of sp³-hybridized carbons (Fsp3) is 0.235. The van der Waals surface area contributed by atoms with Crippen LogP contribution in [0.4, 0.5) is 10.1 Å². The molecule has 0 aliphatic heterocycles. The highest BCUT2D eigenvalue weighted by Gasteiger charge is 2.24. The van der Waals surface area contributed by atoms with Gasteiger partial charge in [-0.15, -0.1) is 0 Å². The number of carbonyl (C=O) groups is 1. The highest BCUT2D eigenvalue weighted by Crippen LogP contribution is 2.33. The molecule has 0 aromatic heterocycles. The van der Waals surface area contributed by atoms with Gasteiger partial charge in [-0.2, -0.15) is 0 Å². The Hall–Kier alpha value is -2.07.